The van der Waals surface area contributed by atoms with Crippen LogP contribution in [-0.2, 0) is 17.1 Å². The molecule has 4 rings (SSSR count). The van der Waals surface area contributed by atoms with E-state index in [2.05, 4.69) is 10.1 Å². The third-order valence-corrected chi connectivity index (χ3v) is 6.01. The Morgan fingerprint density at radius 2 is 2.15 bits per heavy atom. The van der Waals surface area contributed by atoms with Crippen LogP contribution >= 0.6 is 23.1 Å². The molecule has 0 amide bonds. The van der Waals surface area contributed by atoms with Crippen molar-refractivity contribution in [3.05, 3.63) is 64.2 Å². The zero-order valence-corrected chi connectivity index (χ0v) is 16.4. The Balaban J connectivity index is 1.57. The fraction of sp³-hybridized carbons (Fsp3) is 0.211. The molecule has 1 aromatic carbocycles. The van der Waals surface area contributed by atoms with Gasteiger partial charge in [0, 0.05) is 33.8 Å². The van der Waals surface area contributed by atoms with E-state index in [-0.39, 0.29) is 12.4 Å². The van der Waals surface area contributed by atoms with Crippen LogP contribution in [0.2, 0.25) is 0 Å². The molecule has 0 unspecified atom stereocenters. The van der Waals surface area contributed by atoms with E-state index >= 15 is 0 Å². The van der Waals surface area contributed by atoms with Gasteiger partial charge in [0.15, 0.2) is 0 Å². The van der Waals surface area contributed by atoms with Gasteiger partial charge < -0.3 is 13.7 Å². The summed E-state index contributed by atoms with van der Waals surface area (Å²) < 4.78 is 17.1. The largest absolute Gasteiger partial charge is 0.453 e. The Labute approximate surface area is 163 Å². The van der Waals surface area contributed by atoms with Gasteiger partial charge in [-0.25, -0.2) is 9.78 Å². The molecule has 0 saturated heterocycles. The molecule has 0 fully saturated rings. The number of ether oxygens (including phenoxy) is 1. The number of fused-ring (bicyclic) bond motifs is 1. The van der Waals surface area contributed by atoms with Gasteiger partial charge in [0.25, 0.3) is 0 Å². The summed E-state index contributed by atoms with van der Waals surface area (Å²) in [6.07, 6.45) is 0. The quantitative estimate of drug-likeness (QED) is 0.327. The average Bonchev–Trinajstić information content (AvgIpc) is 3.36. The molecule has 0 saturated carbocycles. The molecular formula is C19H16N2O4S2. The Morgan fingerprint density at radius 1 is 1.30 bits per heavy atom. The molecule has 0 aliphatic heterocycles. The first kappa shape index (κ1) is 17.8. The molecule has 3 aromatic heterocycles. The summed E-state index contributed by atoms with van der Waals surface area (Å²) in [6.45, 7) is 3.78. The third-order valence-electron chi connectivity index (χ3n) is 3.85. The fourth-order valence-corrected chi connectivity index (χ4v) is 4.51. The van der Waals surface area contributed by atoms with E-state index < -0.39 is 5.97 Å². The first-order valence-electron chi connectivity index (χ1n) is 8.25. The second-order valence-electron chi connectivity index (χ2n) is 5.95. The van der Waals surface area contributed by atoms with Crippen molar-refractivity contribution in [1.29, 1.82) is 0 Å². The summed E-state index contributed by atoms with van der Waals surface area (Å²) in [5.74, 6) is 0.938. The number of para-hydroxylation sites is 1. The highest BCUT2D eigenvalue weighted by Gasteiger charge is 2.22. The van der Waals surface area contributed by atoms with Crippen LogP contribution in [0.1, 0.15) is 33.3 Å². The minimum Gasteiger partial charge on any atom is -0.453 e. The molecule has 0 aliphatic rings. The molecule has 0 aliphatic carbocycles. The van der Waals surface area contributed by atoms with Gasteiger partial charge in [-0.3, -0.25) is 0 Å². The summed E-state index contributed by atoms with van der Waals surface area (Å²) in [7, 11) is 0. The minimum atomic E-state index is -0.516. The van der Waals surface area contributed by atoms with Gasteiger partial charge in [-0.05, 0) is 19.9 Å². The van der Waals surface area contributed by atoms with E-state index in [1.165, 1.54) is 0 Å². The maximum absolute atomic E-state index is 12.6. The monoisotopic (exact) mass is 400 g/mol. The van der Waals surface area contributed by atoms with E-state index in [0.29, 0.717) is 22.8 Å². The number of benzene rings is 1. The predicted octanol–water partition coefficient (Wildman–Crippen LogP) is 5.14. The van der Waals surface area contributed by atoms with Crippen molar-refractivity contribution in [2.75, 3.05) is 0 Å². The van der Waals surface area contributed by atoms with Gasteiger partial charge in [-0.15, -0.1) is 11.3 Å². The predicted molar refractivity (Wildman–Crippen MR) is 103 cm³/mol. The van der Waals surface area contributed by atoms with Crippen LogP contribution in [0.25, 0.3) is 11.0 Å². The highest BCUT2D eigenvalue weighted by molar-refractivity contribution is 8.00. The number of thioether (sulfide) groups is 1. The third kappa shape index (κ3) is 3.91. The van der Waals surface area contributed by atoms with E-state index in [1.807, 2.05) is 36.6 Å². The normalized spacial score (nSPS) is 11.2. The van der Waals surface area contributed by atoms with Crippen molar-refractivity contribution in [1.82, 2.24) is 10.1 Å². The minimum absolute atomic E-state index is 0.0332. The van der Waals surface area contributed by atoms with Crippen molar-refractivity contribution < 1.29 is 18.5 Å². The van der Waals surface area contributed by atoms with Gasteiger partial charge in [-0.1, -0.05) is 35.1 Å². The second kappa shape index (κ2) is 7.58. The zero-order valence-electron chi connectivity index (χ0n) is 14.7. The van der Waals surface area contributed by atoms with Crippen molar-refractivity contribution >= 4 is 40.0 Å². The maximum Gasteiger partial charge on any atom is 0.374 e. The van der Waals surface area contributed by atoms with Gasteiger partial charge >= 0.3 is 5.97 Å². The van der Waals surface area contributed by atoms with Crippen LogP contribution < -0.4 is 0 Å². The Bertz CT molecular complexity index is 1100. The van der Waals surface area contributed by atoms with Crippen molar-refractivity contribution in [3.8, 4) is 0 Å². The van der Waals surface area contributed by atoms with Crippen molar-refractivity contribution in [2.45, 2.75) is 30.5 Å². The lowest BCUT2D eigenvalue weighted by Gasteiger charge is -2.03. The average molecular weight is 400 g/mol. The van der Waals surface area contributed by atoms with Crippen LogP contribution in [0.5, 0.6) is 0 Å². The van der Waals surface area contributed by atoms with Gasteiger partial charge in [0.2, 0.25) is 5.76 Å². The maximum atomic E-state index is 12.6. The number of carbonyl (C=O) groups is 1. The number of hydrogen-bond acceptors (Lipinski definition) is 8. The Morgan fingerprint density at radius 3 is 2.89 bits per heavy atom. The molecular weight excluding hydrogens is 384 g/mol. The van der Waals surface area contributed by atoms with Gasteiger partial charge in [0.05, 0.1) is 0 Å². The van der Waals surface area contributed by atoms with Crippen LogP contribution in [0.15, 0.2) is 49.0 Å². The van der Waals surface area contributed by atoms with Crippen molar-refractivity contribution in [3.63, 3.8) is 0 Å². The lowest BCUT2D eigenvalue weighted by atomic mass is 10.1. The number of esters is 1. The van der Waals surface area contributed by atoms with E-state index in [4.69, 9.17) is 13.7 Å². The number of rotatable bonds is 6. The molecule has 3 heterocycles. The summed E-state index contributed by atoms with van der Waals surface area (Å²) in [5, 5.41) is 6.74. The number of aryl methyl sites for hydroxylation is 2. The molecule has 6 nitrogen and oxygen atoms in total. The topological polar surface area (TPSA) is 78.4 Å². The number of aromatic nitrogens is 2. The summed E-state index contributed by atoms with van der Waals surface area (Å²) in [6, 6.07) is 9.31. The Kier molecular flexibility index (Phi) is 5.00. The molecule has 0 radical (unpaired) electrons. The summed E-state index contributed by atoms with van der Waals surface area (Å²) >= 11 is 3.16. The smallest absolute Gasteiger partial charge is 0.374 e. The van der Waals surface area contributed by atoms with Crippen LogP contribution in [0, 0.1) is 13.8 Å². The van der Waals surface area contributed by atoms with Gasteiger partial charge in [0.1, 0.15) is 28.0 Å². The lowest BCUT2D eigenvalue weighted by Crippen LogP contribution is -2.06. The molecule has 0 bridgehead atoms. The highest BCUT2D eigenvalue weighted by atomic mass is 32.2. The lowest BCUT2D eigenvalue weighted by molar-refractivity contribution is 0.0429. The molecule has 27 heavy (non-hydrogen) atoms. The number of carbonyl (C=O) groups excluding carboxylic acids is 1. The first-order chi connectivity index (χ1) is 13.1. The molecule has 0 atom stereocenters. The van der Waals surface area contributed by atoms with E-state index in [0.717, 1.165) is 21.0 Å². The van der Waals surface area contributed by atoms with Crippen LogP contribution in [-0.4, -0.2) is 16.1 Å². The zero-order chi connectivity index (χ0) is 18.8. The molecule has 138 valence electrons. The number of furan rings is 1. The highest BCUT2D eigenvalue weighted by Crippen LogP contribution is 2.33. The first-order valence-corrected chi connectivity index (χ1v) is 10.1. The molecule has 8 heteroatoms. The second-order valence-corrected chi connectivity index (χ2v) is 8.03. The summed E-state index contributed by atoms with van der Waals surface area (Å²) in [4.78, 5) is 17.1. The SMILES string of the molecule is Cc1csc(SCc2c(C(=O)OCc3cc(C)on3)oc3ccccc23)n1. The van der Waals surface area contributed by atoms with Crippen LogP contribution in [0.3, 0.4) is 0 Å². The molecule has 0 spiro atoms. The standard InChI is InChI=1S/C19H16N2O4S2/c1-11-9-26-19(20-11)27-10-15-14-5-3-4-6-16(14)24-17(15)18(22)23-8-13-7-12(2)25-21-13/h3-7,9H,8,10H2,1-2H3. The van der Waals surface area contributed by atoms with E-state index in [1.54, 1.807) is 36.1 Å². The van der Waals surface area contributed by atoms with Crippen molar-refractivity contribution in [2.24, 2.45) is 0 Å². The molecule has 4 aromatic rings. The van der Waals surface area contributed by atoms with E-state index in [9.17, 15) is 4.79 Å². The number of hydrogen-bond donors (Lipinski definition) is 0. The summed E-state index contributed by atoms with van der Waals surface area (Å²) in [5.41, 5.74) is 3.02. The molecule has 0 N–H and O–H groups in total. The number of nitrogens with zero attached hydrogens (tertiary/aromatic N) is 2. The van der Waals surface area contributed by atoms with Crippen LogP contribution in [0.4, 0.5) is 0 Å². The van der Waals surface area contributed by atoms with Gasteiger partial charge in [-0.2, -0.15) is 0 Å². The Hall–Kier alpha value is -2.58. The number of thiazole rings is 1. The fourth-order valence-electron chi connectivity index (χ4n) is 2.63.